The Morgan fingerprint density at radius 2 is 1.66 bits per heavy atom. The van der Waals surface area contributed by atoms with Crippen molar-refractivity contribution in [3.63, 3.8) is 0 Å². The second kappa shape index (κ2) is 8.96. The van der Waals surface area contributed by atoms with Crippen LogP contribution in [0.2, 0.25) is 19.6 Å². The van der Waals surface area contributed by atoms with Gasteiger partial charge in [-0.2, -0.15) is 0 Å². The summed E-state index contributed by atoms with van der Waals surface area (Å²) in [4.78, 5) is 0. The summed E-state index contributed by atoms with van der Waals surface area (Å²) < 4.78 is 6.22. The number of fused-ring (bicyclic) bond motifs is 1. The van der Waals surface area contributed by atoms with Gasteiger partial charge in [-0.1, -0.05) is 72.3 Å². The summed E-state index contributed by atoms with van der Waals surface area (Å²) in [5.41, 5.74) is 9.14. The van der Waals surface area contributed by atoms with Gasteiger partial charge in [0.15, 0.2) is 0 Å². The minimum atomic E-state index is -1.32. The Morgan fingerprint density at radius 3 is 2.21 bits per heavy atom. The van der Waals surface area contributed by atoms with E-state index in [0.717, 1.165) is 18.8 Å². The maximum Gasteiger partial charge on any atom is 0.129 e. The van der Waals surface area contributed by atoms with E-state index in [1.54, 1.807) is 0 Å². The standard InChI is InChI=1S/C27H40OSi/c1-10-17-28-25-20-24-23(26(3,4)15-16-27(24,5)6)19-22(25)21(2)14-12-11-13-18-29(7,8)9/h11-12,14,19-20H,10,15-17H2,1-9H3/b12-11+,21-14-. The molecule has 1 aliphatic carbocycles. The number of hydrogen-bond acceptors (Lipinski definition) is 1. The summed E-state index contributed by atoms with van der Waals surface area (Å²) in [6, 6.07) is 4.72. The largest absolute Gasteiger partial charge is 0.493 e. The molecule has 0 unspecified atom stereocenters. The number of allylic oxidation sites excluding steroid dienone is 4. The molecule has 158 valence electrons. The number of hydrogen-bond donors (Lipinski definition) is 0. The van der Waals surface area contributed by atoms with Crippen molar-refractivity contribution < 1.29 is 4.74 Å². The zero-order valence-corrected chi connectivity index (χ0v) is 21.1. The van der Waals surface area contributed by atoms with Gasteiger partial charge in [-0.3, -0.25) is 0 Å². The third kappa shape index (κ3) is 6.13. The quantitative estimate of drug-likeness (QED) is 0.276. The molecule has 2 rings (SSSR count). The summed E-state index contributed by atoms with van der Waals surface area (Å²) in [6.07, 6.45) is 9.66. The van der Waals surface area contributed by atoms with E-state index >= 15 is 0 Å². The predicted molar refractivity (Wildman–Crippen MR) is 131 cm³/mol. The van der Waals surface area contributed by atoms with Crippen LogP contribution in [-0.2, 0) is 10.8 Å². The van der Waals surface area contributed by atoms with E-state index in [4.69, 9.17) is 4.74 Å². The summed E-state index contributed by atoms with van der Waals surface area (Å²) in [5, 5.41) is 0. The molecule has 0 heterocycles. The Bertz CT molecular complexity index is 851. The Labute approximate surface area is 180 Å². The van der Waals surface area contributed by atoms with Gasteiger partial charge in [-0.15, -0.1) is 5.54 Å². The molecular formula is C27H40OSi. The first-order valence-corrected chi connectivity index (χ1v) is 14.6. The van der Waals surface area contributed by atoms with Crippen LogP contribution in [0.25, 0.3) is 5.57 Å². The Hall–Kier alpha value is -1.72. The van der Waals surface area contributed by atoms with Gasteiger partial charge in [0.1, 0.15) is 13.8 Å². The van der Waals surface area contributed by atoms with Crippen molar-refractivity contribution in [2.24, 2.45) is 0 Å². The summed E-state index contributed by atoms with van der Waals surface area (Å²) >= 11 is 0. The first-order chi connectivity index (χ1) is 13.4. The van der Waals surface area contributed by atoms with Gasteiger partial charge >= 0.3 is 0 Å². The highest BCUT2D eigenvalue weighted by Crippen LogP contribution is 2.48. The smallest absolute Gasteiger partial charge is 0.129 e. The maximum absolute atomic E-state index is 6.22. The molecule has 0 saturated heterocycles. The highest BCUT2D eigenvalue weighted by atomic mass is 28.3. The van der Waals surface area contributed by atoms with Gasteiger partial charge in [-0.25, -0.2) is 0 Å². The summed E-state index contributed by atoms with van der Waals surface area (Å²) in [6.45, 7) is 21.4. The van der Waals surface area contributed by atoms with Gasteiger partial charge in [0.2, 0.25) is 0 Å². The summed E-state index contributed by atoms with van der Waals surface area (Å²) in [5.74, 6) is 4.23. The molecule has 0 spiro atoms. The van der Waals surface area contributed by atoms with Crippen LogP contribution in [0.15, 0.2) is 30.4 Å². The fourth-order valence-electron chi connectivity index (χ4n) is 3.82. The molecule has 1 aliphatic rings. The van der Waals surface area contributed by atoms with Crippen molar-refractivity contribution in [2.45, 2.75) is 91.3 Å². The molecule has 0 amide bonds. The minimum Gasteiger partial charge on any atom is -0.493 e. The van der Waals surface area contributed by atoms with Crippen molar-refractivity contribution in [2.75, 3.05) is 6.61 Å². The van der Waals surface area contributed by atoms with Gasteiger partial charge < -0.3 is 4.74 Å². The number of benzene rings is 1. The van der Waals surface area contributed by atoms with Crippen molar-refractivity contribution in [3.8, 4) is 17.2 Å². The molecule has 0 radical (unpaired) electrons. The van der Waals surface area contributed by atoms with Crippen LogP contribution in [0.4, 0.5) is 0 Å². The molecule has 1 nitrogen and oxygen atoms in total. The Morgan fingerprint density at radius 1 is 1.07 bits per heavy atom. The van der Waals surface area contributed by atoms with E-state index < -0.39 is 8.07 Å². The Balaban J connectivity index is 2.50. The topological polar surface area (TPSA) is 9.23 Å². The lowest BCUT2D eigenvalue weighted by atomic mass is 9.62. The molecule has 1 aromatic rings. The first-order valence-electron chi connectivity index (χ1n) is 11.1. The van der Waals surface area contributed by atoms with Gasteiger partial charge in [0, 0.05) is 5.56 Å². The lowest BCUT2D eigenvalue weighted by Gasteiger charge is -2.42. The van der Waals surface area contributed by atoms with Crippen LogP contribution in [-0.4, -0.2) is 14.7 Å². The van der Waals surface area contributed by atoms with Crippen molar-refractivity contribution in [1.29, 1.82) is 0 Å². The van der Waals surface area contributed by atoms with Crippen LogP contribution in [0, 0.1) is 11.5 Å². The predicted octanol–water partition coefficient (Wildman–Crippen LogP) is 7.66. The highest BCUT2D eigenvalue weighted by molar-refractivity contribution is 6.83. The monoisotopic (exact) mass is 408 g/mol. The van der Waals surface area contributed by atoms with E-state index in [9.17, 15) is 0 Å². The molecule has 0 fully saturated rings. The molecule has 2 heteroatoms. The average Bonchev–Trinajstić information content (AvgIpc) is 2.62. The first kappa shape index (κ1) is 23.6. The van der Waals surface area contributed by atoms with Gasteiger partial charge in [0.05, 0.1) is 6.61 Å². The molecule has 29 heavy (non-hydrogen) atoms. The molecule has 0 saturated carbocycles. The van der Waals surface area contributed by atoms with Crippen molar-refractivity contribution in [3.05, 3.63) is 47.1 Å². The summed E-state index contributed by atoms with van der Waals surface area (Å²) in [7, 11) is -1.32. The van der Waals surface area contributed by atoms with E-state index in [0.29, 0.717) is 0 Å². The molecule has 0 atom stereocenters. The third-order valence-electron chi connectivity index (χ3n) is 5.81. The lowest BCUT2D eigenvalue weighted by Crippen LogP contribution is -2.34. The third-order valence-corrected chi connectivity index (χ3v) is 6.71. The van der Waals surface area contributed by atoms with Crippen molar-refractivity contribution in [1.82, 2.24) is 0 Å². The van der Waals surface area contributed by atoms with Gasteiger partial charge in [-0.05, 0) is 71.9 Å². The minimum absolute atomic E-state index is 0.192. The van der Waals surface area contributed by atoms with Crippen LogP contribution >= 0.6 is 0 Å². The van der Waals surface area contributed by atoms with E-state index in [1.165, 1.54) is 35.1 Å². The molecule has 0 bridgehead atoms. The molecule has 1 aromatic carbocycles. The fourth-order valence-corrected chi connectivity index (χ4v) is 4.34. The van der Waals surface area contributed by atoms with Crippen LogP contribution in [0.3, 0.4) is 0 Å². The molecule has 0 aliphatic heterocycles. The zero-order chi connectivity index (χ0) is 21.9. The molecule has 0 aromatic heterocycles. The second-order valence-electron chi connectivity index (χ2n) is 10.7. The van der Waals surface area contributed by atoms with Crippen molar-refractivity contribution >= 4 is 13.6 Å². The number of ether oxygens (including phenoxy) is 1. The van der Waals surface area contributed by atoms with E-state index in [1.807, 2.05) is 6.08 Å². The van der Waals surface area contributed by atoms with Gasteiger partial charge in [0.25, 0.3) is 0 Å². The van der Waals surface area contributed by atoms with Crippen LogP contribution < -0.4 is 4.74 Å². The second-order valence-corrected chi connectivity index (χ2v) is 15.5. The lowest BCUT2D eigenvalue weighted by molar-refractivity contribution is 0.306. The zero-order valence-electron chi connectivity index (χ0n) is 20.1. The van der Waals surface area contributed by atoms with Crippen LogP contribution in [0.5, 0.6) is 5.75 Å². The Kier molecular flexibility index (Phi) is 7.28. The fraction of sp³-hybridized carbons (Fsp3) is 0.556. The van der Waals surface area contributed by atoms with E-state index in [-0.39, 0.29) is 10.8 Å². The number of rotatable bonds is 5. The SMILES string of the molecule is CCCOc1cc2c(cc1/C(C)=C\C=C\C#C[Si](C)(C)C)C(C)(C)CCC2(C)C. The normalized spacial score (nSPS) is 18.2. The average molecular weight is 409 g/mol. The molecule has 0 N–H and O–H groups in total. The molecular weight excluding hydrogens is 368 g/mol. The van der Waals surface area contributed by atoms with E-state index in [2.05, 4.69) is 96.9 Å². The highest BCUT2D eigenvalue weighted by Gasteiger charge is 2.38. The van der Waals surface area contributed by atoms with Crippen LogP contribution in [0.1, 0.15) is 77.5 Å². The maximum atomic E-state index is 6.22.